The lowest BCUT2D eigenvalue weighted by atomic mass is 10.0. The predicted molar refractivity (Wildman–Crippen MR) is 72.4 cm³/mol. The first-order valence-corrected chi connectivity index (χ1v) is 7.21. The van der Waals surface area contributed by atoms with Crippen LogP contribution in [-0.2, 0) is 10.8 Å². The Balaban J connectivity index is 2.20. The van der Waals surface area contributed by atoms with E-state index in [0.717, 1.165) is 17.7 Å². The van der Waals surface area contributed by atoms with E-state index in [4.69, 9.17) is 5.26 Å². The number of nitrogens with zero attached hydrogens (tertiary/aromatic N) is 1. The van der Waals surface area contributed by atoms with Crippen LogP contribution in [0.2, 0.25) is 0 Å². The van der Waals surface area contributed by atoms with E-state index >= 15 is 0 Å². The van der Waals surface area contributed by atoms with Crippen molar-refractivity contribution in [3.8, 4) is 6.07 Å². The second-order valence-corrected chi connectivity index (χ2v) is 5.64. The molecule has 2 unspecified atom stereocenters. The van der Waals surface area contributed by atoms with Gasteiger partial charge in [0.15, 0.2) is 0 Å². The van der Waals surface area contributed by atoms with E-state index in [1.165, 1.54) is 0 Å². The van der Waals surface area contributed by atoms with Gasteiger partial charge in [-0.05, 0) is 17.7 Å². The summed E-state index contributed by atoms with van der Waals surface area (Å²) >= 11 is 0. The SMILES string of the molecule is N#CC(CS(=O)c1ccc(F)cc1F)c1ccccc1. The Morgan fingerprint density at radius 1 is 1.15 bits per heavy atom. The third-order valence-corrected chi connectivity index (χ3v) is 4.27. The van der Waals surface area contributed by atoms with Crippen LogP contribution >= 0.6 is 0 Å². The van der Waals surface area contributed by atoms with Gasteiger partial charge in [-0.2, -0.15) is 5.26 Å². The summed E-state index contributed by atoms with van der Waals surface area (Å²) in [6.07, 6.45) is 0. The normalized spacial score (nSPS) is 13.4. The molecule has 2 nitrogen and oxygen atoms in total. The van der Waals surface area contributed by atoms with Crippen LogP contribution in [0.1, 0.15) is 11.5 Å². The van der Waals surface area contributed by atoms with Gasteiger partial charge in [-0.15, -0.1) is 0 Å². The van der Waals surface area contributed by atoms with Gasteiger partial charge in [-0.1, -0.05) is 30.3 Å². The molecule has 20 heavy (non-hydrogen) atoms. The molecule has 0 heterocycles. The molecule has 2 rings (SSSR count). The quantitative estimate of drug-likeness (QED) is 0.866. The van der Waals surface area contributed by atoms with Crippen LogP contribution in [0.15, 0.2) is 53.4 Å². The zero-order chi connectivity index (χ0) is 14.5. The molecule has 0 amide bonds. The average molecular weight is 291 g/mol. The number of hydrogen-bond donors (Lipinski definition) is 0. The van der Waals surface area contributed by atoms with Gasteiger partial charge in [0.2, 0.25) is 0 Å². The second kappa shape index (κ2) is 6.40. The topological polar surface area (TPSA) is 40.9 Å². The van der Waals surface area contributed by atoms with E-state index < -0.39 is 28.4 Å². The average Bonchev–Trinajstić information content (AvgIpc) is 2.45. The van der Waals surface area contributed by atoms with Crippen molar-refractivity contribution in [2.75, 3.05) is 5.75 Å². The second-order valence-electron chi connectivity index (χ2n) is 4.18. The number of nitriles is 1. The van der Waals surface area contributed by atoms with Gasteiger partial charge >= 0.3 is 0 Å². The fourth-order valence-corrected chi connectivity index (χ4v) is 3.04. The zero-order valence-corrected chi connectivity index (χ0v) is 11.2. The predicted octanol–water partition coefficient (Wildman–Crippen LogP) is 3.38. The minimum Gasteiger partial charge on any atom is -0.254 e. The Hall–Kier alpha value is -2.06. The van der Waals surface area contributed by atoms with E-state index in [2.05, 4.69) is 6.07 Å². The first-order valence-electron chi connectivity index (χ1n) is 5.90. The number of halogens is 2. The first-order chi connectivity index (χ1) is 9.61. The van der Waals surface area contributed by atoms with Gasteiger partial charge < -0.3 is 0 Å². The van der Waals surface area contributed by atoms with Gasteiger partial charge in [-0.25, -0.2) is 8.78 Å². The minimum atomic E-state index is -1.70. The van der Waals surface area contributed by atoms with Crippen molar-refractivity contribution < 1.29 is 13.0 Å². The van der Waals surface area contributed by atoms with Crippen molar-refractivity contribution in [3.63, 3.8) is 0 Å². The van der Waals surface area contributed by atoms with E-state index in [1.807, 2.05) is 6.07 Å². The molecule has 2 aromatic carbocycles. The van der Waals surface area contributed by atoms with E-state index in [9.17, 15) is 13.0 Å². The van der Waals surface area contributed by atoms with Crippen molar-refractivity contribution in [1.29, 1.82) is 5.26 Å². The lowest BCUT2D eigenvalue weighted by Crippen LogP contribution is -2.09. The Bertz CT molecular complexity index is 667. The molecule has 0 N–H and O–H groups in total. The lowest BCUT2D eigenvalue weighted by molar-refractivity contribution is 0.562. The van der Waals surface area contributed by atoms with Crippen LogP contribution in [-0.4, -0.2) is 9.96 Å². The number of rotatable bonds is 4. The highest BCUT2D eigenvalue weighted by molar-refractivity contribution is 7.85. The van der Waals surface area contributed by atoms with Gasteiger partial charge in [0.1, 0.15) is 11.6 Å². The molecule has 0 aliphatic carbocycles. The summed E-state index contributed by atoms with van der Waals surface area (Å²) in [6, 6.07) is 13.8. The smallest absolute Gasteiger partial charge is 0.142 e. The van der Waals surface area contributed by atoms with Crippen LogP contribution in [0.5, 0.6) is 0 Å². The molecule has 2 aromatic rings. The highest BCUT2D eigenvalue weighted by Crippen LogP contribution is 2.21. The Labute approximate surface area is 118 Å². The van der Waals surface area contributed by atoms with E-state index in [0.29, 0.717) is 6.07 Å². The van der Waals surface area contributed by atoms with Crippen LogP contribution in [0.4, 0.5) is 8.78 Å². The molecule has 0 fully saturated rings. The summed E-state index contributed by atoms with van der Waals surface area (Å²) in [5, 5.41) is 9.15. The highest BCUT2D eigenvalue weighted by atomic mass is 32.2. The summed E-state index contributed by atoms with van der Waals surface area (Å²) in [5.74, 6) is -2.19. The monoisotopic (exact) mass is 291 g/mol. The molecule has 0 radical (unpaired) electrons. The van der Waals surface area contributed by atoms with Crippen molar-refractivity contribution in [1.82, 2.24) is 0 Å². The molecule has 0 spiro atoms. The minimum absolute atomic E-state index is 0.0247. The maximum atomic E-state index is 13.5. The van der Waals surface area contributed by atoms with Crippen molar-refractivity contribution in [3.05, 3.63) is 65.7 Å². The molecule has 0 bridgehead atoms. The lowest BCUT2D eigenvalue weighted by Gasteiger charge is -2.09. The number of benzene rings is 2. The van der Waals surface area contributed by atoms with Crippen molar-refractivity contribution in [2.45, 2.75) is 10.8 Å². The molecule has 0 saturated heterocycles. The van der Waals surface area contributed by atoms with Crippen LogP contribution < -0.4 is 0 Å². The first kappa shape index (κ1) is 14.4. The molecule has 0 aliphatic heterocycles. The van der Waals surface area contributed by atoms with E-state index in [-0.39, 0.29) is 10.6 Å². The molecule has 0 aliphatic rings. The summed E-state index contributed by atoms with van der Waals surface area (Å²) < 4.78 is 38.5. The summed E-state index contributed by atoms with van der Waals surface area (Å²) in [4.78, 5) is -0.0809. The summed E-state index contributed by atoms with van der Waals surface area (Å²) in [6.45, 7) is 0. The maximum absolute atomic E-state index is 13.5. The molecule has 2 atom stereocenters. The van der Waals surface area contributed by atoms with Crippen LogP contribution in [0.25, 0.3) is 0 Å². The molecular formula is C15H11F2NOS. The van der Waals surface area contributed by atoms with Gasteiger partial charge in [0, 0.05) is 11.8 Å². The molecule has 5 heteroatoms. The molecule has 0 saturated carbocycles. The zero-order valence-electron chi connectivity index (χ0n) is 10.4. The fraction of sp³-hybridized carbons (Fsp3) is 0.133. The standard InChI is InChI=1S/C15H11F2NOS/c16-13-6-7-15(14(17)8-13)20(19)10-12(9-18)11-4-2-1-3-5-11/h1-8,12H,10H2. The molecular weight excluding hydrogens is 280 g/mol. The highest BCUT2D eigenvalue weighted by Gasteiger charge is 2.18. The van der Waals surface area contributed by atoms with Crippen LogP contribution in [0.3, 0.4) is 0 Å². The Kier molecular flexibility index (Phi) is 4.59. The molecule has 102 valence electrons. The van der Waals surface area contributed by atoms with Crippen molar-refractivity contribution in [2.24, 2.45) is 0 Å². The van der Waals surface area contributed by atoms with Gasteiger partial charge in [0.25, 0.3) is 0 Å². The Morgan fingerprint density at radius 2 is 1.85 bits per heavy atom. The summed E-state index contributed by atoms with van der Waals surface area (Å²) in [5.41, 5.74) is 0.728. The third-order valence-electron chi connectivity index (χ3n) is 2.82. The van der Waals surface area contributed by atoms with Gasteiger partial charge in [0.05, 0.1) is 27.7 Å². The number of hydrogen-bond acceptors (Lipinski definition) is 2. The van der Waals surface area contributed by atoms with Gasteiger partial charge in [-0.3, -0.25) is 4.21 Å². The van der Waals surface area contributed by atoms with Crippen molar-refractivity contribution >= 4 is 10.8 Å². The summed E-state index contributed by atoms with van der Waals surface area (Å²) in [7, 11) is -1.70. The Morgan fingerprint density at radius 3 is 2.45 bits per heavy atom. The maximum Gasteiger partial charge on any atom is 0.142 e. The largest absolute Gasteiger partial charge is 0.254 e. The fourth-order valence-electron chi connectivity index (χ4n) is 1.79. The van der Waals surface area contributed by atoms with Crippen LogP contribution in [0, 0.1) is 23.0 Å². The molecule has 0 aromatic heterocycles. The third kappa shape index (κ3) is 3.28. The van der Waals surface area contributed by atoms with E-state index in [1.54, 1.807) is 24.3 Å².